The Balaban J connectivity index is 0.000000880. The first-order valence-corrected chi connectivity index (χ1v) is 11.1. The van der Waals surface area contributed by atoms with E-state index in [0.717, 1.165) is 42.9 Å². The average Bonchev–Trinajstić information content (AvgIpc) is 2.83. The molecule has 0 heterocycles. The molecule has 7 unspecified atom stereocenters. The highest BCUT2D eigenvalue weighted by molar-refractivity contribution is 5.56. The van der Waals surface area contributed by atoms with E-state index in [4.69, 9.17) is 0 Å². The van der Waals surface area contributed by atoms with Gasteiger partial charge in [0.15, 0.2) is 0 Å². The summed E-state index contributed by atoms with van der Waals surface area (Å²) in [4.78, 5) is 11.6. The van der Waals surface area contributed by atoms with Crippen molar-refractivity contribution in [3.63, 3.8) is 0 Å². The highest BCUT2D eigenvalue weighted by Gasteiger charge is 2.55. The van der Waals surface area contributed by atoms with Gasteiger partial charge in [0.2, 0.25) is 0 Å². The third-order valence-electron chi connectivity index (χ3n) is 9.16. The van der Waals surface area contributed by atoms with Crippen LogP contribution in [-0.2, 0) is 4.79 Å². The van der Waals surface area contributed by atoms with Crippen LogP contribution in [0.1, 0.15) is 91.9 Å². The molecule has 144 valence electrons. The molecule has 4 rings (SSSR count). The van der Waals surface area contributed by atoms with E-state index in [-0.39, 0.29) is 11.5 Å². The average molecular weight is 349 g/mol. The molecule has 0 spiro atoms. The normalized spacial score (nSPS) is 51.9. The summed E-state index contributed by atoms with van der Waals surface area (Å²) in [6, 6.07) is 0. The maximum atomic E-state index is 11.6. The Hall–Kier alpha value is -0.370. The summed E-state index contributed by atoms with van der Waals surface area (Å²) in [6.45, 7) is 8.96. The molecule has 0 saturated heterocycles. The summed E-state index contributed by atoms with van der Waals surface area (Å²) < 4.78 is 0. The SMILES string of the molecule is CC.CC12CCC(O)CC1CCC1CC3CC[C@H](C=O)C3(C)CCC12. The number of aliphatic hydroxyl groups is 1. The molecule has 0 aromatic rings. The van der Waals surface area contributed by atoms with Crippen LogP contribution in [0.2, 0.25) is 0 Å². The first-order chi connectivity index (χ1) is 12.0. The number of fused-ring (bicyclic) bond motifs is 4. The van der Waals surface area contributed by atoms with Gasteiger partial charge < -0.3 is 9.90 Å². The van der Waals surface area contributed by atoms with Crippen LogP contribution in [0, 0.1) is 40.4 Å². The lowest BCUT2D eigenvalue weighted by atomic mass is 9.51. The topological polar surface area (TPSA) is 37.3 Å². The maximum absolute atomic E-state index is 11.6. The molecule has 0 radical (unpaired) electrons. The van der Waals surface area contributed by atoms with Gasteiger partial charge in [-0.3, -0.25) is 0 Å². The van der Waals surface area contributed by atoms with Crippen LogP contribution in [-0.4, -0.2) is 17.5 Å². The summed E-state index contributed by atoms with van der Waals surface area (Å²) in [6.07, 6.45) is 13.6. The van der Waals surface area contributed by atoms with Crippen molar-refractivity contribution in [2.24, 2.45) is 40.4 Å². The largest absolute Gasteiger partial charge is 0.393 e. The third kappa shape index (κ3) is 3.11. The van der Waals surface area contributed by atoms with Crippen LogP contribution in [0.5, 0.6) is 0 Å². The third-order valence-corrected chi connectivity index (χ3v) is 9.16. The van der Waals surface area contributed by atoms with E-state index in [1.54, 1.807) is 0 Å². The van der Waals surface area contributed by atoms with Gasteiger partial charge in [-0.15, -0.1) is 0 Å². The second-order valence-electron chi connectivity index (χ2n) is 9.87. The fraction of sp³-hybridized carbons (Fsp3) is 0.957. The van der Waals surface area contributed by atoms with E-state index in [2.05, 4.69) is 13.8 Å². The predicted molar refractivity (Wildman–Crippen MR) is 103 cm³/mol. The molecule has 25 heavy (non-hydrogen) atoms. The zero-order valence-electron chi connectivity index (χ0n) is 17.0. The predicted octanol–water partition coefficient (Wildman–Crippen LogP) is 5.62. The second-order valence-corrected chi connectivity index (χ2v) is 9.87. The van der Waals surface area contributed by atoms with E-state index in [9.17, 15) is 9.90 Å². The summed E-state index contributed by atoms with van der Waals surface area (Å²) in [5, 5.41) is 10.1. The van der Waals surface area contributed by atoms with Crippen LogP contribution in [0.25, 0.3) is 0 Å². The lowest BCUT2D eigenvalue weighted by Gasteiger charge is -2.54. The van der Waals surface area contributed by atoms with Gasteiger partial charge in [0.1, 0.15) is 6.29 Å². The van der Waals surface area contributed by atoms with Crippen molar-refractivity contribution in [2.75, 3.05) is 0 Å². The number of aldehydes is 1. The van der Waals surface area contributed by atoms with Gasteiger partial charge in [0.25, 0.3) is 0 Å². The Bertz CT molecular complexity index is 475. The molecular formula is C23H40O2. The second kappa shape index (κ2) is 7.33. The van der Waals surface area contributed by atoms with Gasteiger partial charge >= 0.3 is 0 Å². The molecule has 0 aromatic carbocycles. The zero-order valence-corrected chi connectivity index (χ0v) is 17.0. The number of rotatable bonds is 1. The summed E-state index contributed by atoms with van der Waals surface area (Å²) in [7, 11) is 0. The monoisotopic (exact) mass is 348 g/mol. The minimum absolute atomic E-state index is 0.0493. The van der Waals surface area contributed by atoms with Gasteiger partial charge in [-0.05, 0) is 98.7 Å². The van der Waals surface area contributed by atoms with Crippen LogP contribution < -0.4 is 0 Å². The van der Waals surface area contributed by atoms with Crippen LogP contribution in [0.3, 0.4) is 0 Å². The number of carbonyl (C=O) groups excluding carboxylic acids is 1. The van der Waals surface area contributed by atoms with Crippen LogP contribution in [0.15, 0.2) is 0 Å². The Kier molecular flexibility index (Phi) is 5.69. The highest BCUT2D eigenvalue weighted by atomic mass is 16.3. The molecule has 4 aliphatic carbocycles. The van der Waals surface area contributed by atoms with Gasteiger partial charge in [-0.25, -0.2) is 0 Å². The minimum atomic E-state index is -0.0493. The van der Waals surface area contributed by atoms with Crippen molar-refractivity contribution in [2.45, 2.75) is 98.0 Å². The molecule has 8 atom stereocenters. The molecule has 0 amide bonds. The maximum Gasteiger partial charge on any atom is 0.123 e. The van der Waals surface area contributed by atoms with E-state index >= 15 is 0 Å². The molecule has 0 aliphatic heterocycles. The van der Waals surface area contributed by atoms with E-state index in [1.165, 1.54) is 51.2 Å². The first kappa shape index (κ1) is 19.4. The number of aliphatic hydroxyl groups excluding tert-OH is 1. The fourth-order valence-electron chi connectivity index (χ4n) is 7.51. The smallest absolute Gasteiger partial charge is 0.123 e. The Morgan fingerprint density at radius 1 is 0.840 bits per heavy atom. The van der Waals surface area contributed by atoms with Crippen LogP contribution >= 0.6 is 0 Å². The van der Waals surface area contributed by atoms with Crippen molar-refractivity contribution < 1.29 is 9.90 Å². The molecule has 0 bridgehead atoms. The molecule has 4 saturated carbocycles. The van der Waals surface area contributed by atoms with Crippen molar-refractivity contribution >= 4 is 6.29 Å². The standard InChI is InChI=1S/C21H34O2.C2H6/c1-20-10-8-19-14(11-15(20)5-6-17(20)13-22)3-4-16-12-18(23)7-9-21(16,19)2;1-2/h13-19,23H,3-12H2,1-2H3;1-2H3/t14?,15?,16?,17-,18?,19?,20?,21?;/m1./s1. The zero-order chi connectivity index (χ0) is 18.2. The summed E-state index contributed by atoms with van der Waals surface area (Å²) in [5.41, 5.74) is 0.729. The van der Waals surface area contributed by atoms with Gasteiger partial charge in [-0.2, -0.15) is 0 Å². The van der Waals surface area contributed by atoms with E-state index in [0.29, 0.717) is 11.3 Å². The van der Waals surface area contributed by atoms with Crippen molar-refractivity contribution in [3.05, 3.63) is 0 Å². The number of carbonyl (C=O) groups is 1. The van der Waals surface area contributed by atoms with Crippen molar-refractivity contribution in [1.29, 1.82) is 0 Å². The lowest BCUT2D eigenvalue weighted by Crippen LogP contribution is -2.47. The number of hydrogen-bond acceptors (Lipinski definition) is 2. The Morgan fingerprint density at radius 3 is 2.20 bits per heavy atom. The van der Waals surface area contributed by atoms with Gasteiger partial charge in [-0.1, -0.05) is 27.7 Å². The Morgan fingerprint density at radius 2 is 1.48 bits per heavy atom. The molecule has 4 aliphatic rings. The molecule has 2 nitrogen and oxygen atoms in total. The molecule has 1 N–H and O–H groups in total. The van der Waals surface area contributed by atoms with E-state index < -0.39 is 0 Å². The molecule has 4 fully saturated rings. The molecule has 0 aromatic heterocycles. The Labute approximate surface area is 155 Å². The van der Waals surface area contributed by atoms with Gasteiger partial charge in [0.05, 0.1) is 6.10 Å². The minimum Gasteiger partial charge on any atom is -0.393 e. The molecule has 2 heteroatoms. The van der Waals surface area contributed by atoms with Crippen molar-refractivity contribution in [1.82, 2.24) is 0 Å². The quantitative estimate of drug-likeness (QED) is 0.624. The van der Waals surface area contributed by atoms with Gasteiger partial charge in [0, 0.05) is 5.92 Å². The summed E-state index contributed by atoms with van der Waals surface area (Å²) >= 11 is 0. The summed E-state index contributed by atoms with van der Waals surface area (Å²) in [5.74, 6) is 3.54. The fourth-order valence-corrected chi connectivity index (χ4v) is 7.51. The highest BCUT2D eigenvalue weighted by Crippen LogP contribution is 2.63. The van der Waals surface area contributed by atoms with E-state index in [1.807, 2.05) is 13.8 Å². The van der Waals surface area contributed by atoms with Crippen LogP contribution in [0.4, 0.5) is 0 Å². The number of hydrogen-bond donors (Lipinski definition) is 1. The van der Waals surface area contributed by atoms with Crippen molar-refractivity contribution in [3.8, 4) is 0 Å². The first-order valence-electron chi connectivity index (χ1n) is 11.1. The lowest BCUT2D eigenvalue weighted by molar-refractivity contribution is -0.114. The molecular weight excluding hydrogens is 308 g/mol.